The van der Waals surface area contributed by atoms with Crippen LogP contribution in [0.25, 0.3) is 0 Å². The molecule has 1 rings (SSSR count). The Morgan fingerprint density at radius 2 is 1.47 bits per heavy atom. The Balaban J connectivity index is 0.00000196. The zero-order chi connectivity index (χ0) is 10.9. The van der Waals surface area contributed by atoms with E-state index in [1.807, 2.05) is 0 Å². The molecule has 0 spiro atoms. The fourth-order valence-corrected chi connectivity index (χ4v) is 1.57. The molecule has 0 aliphatic carbocycles. The SMILES string of the molecule is COc1cc(C)c([B-](F)(F)F)c(C)c1.[K+]. The topological polar surface area (TPSA) is 9.23 Å². The molecule has 1 aromatic rings. The summed E-state index contributed by atoms with van der Waals surface area (Å²) in [4.78, 5) is 0. The van der Waals surface area contributed by atoms with E-state index in [0.717, 1.165) is 0 Å². The molecule has 1 aromatic carbocycles. The minimum atomic E-state index is -4.93. The van der Waals surface area contributed by atoms with Gasteiger partial charge in [-0.05, 0) is 26.0 Å². The summed E-state index contributed by atoms with van der Waals surface area (Å²) in [6.45, 7) is -2.04. The molecule has 0 bridgehead atoms. The largest absolute Gasteiger partial charge is 1.00 e. The Morgan fingerprint density at radius 3 is 1.73 bits per heavy atom. The molecule has 0 saturated heterocycles. The van der Waals surface area contributed by atoms with Gasteiger partial charge < -0.3 is 17.7 Å². The molecule has 1 nitrogen and oxygen atoms in total. The predicted molar refractivity (Wildman–Crippen MR) is 51.2 cm³/mol. The molecule has 0 N–H and O–H groups in total. The van der Waals surface area contributed by atoms with Gasteiger partial charge in [0, 0.05) is 0 Å². The van der Waals surface area contributed by atoms with Gasteiger partial charge in [-0.1, -0.05) is 11.1 Å². The molecule has 0 unspecified atom stereocenters. The Hall–Kier alpha value is 0.511. The maximum absolute atomic E-state index is 12.6. The molecule has 0 atom stereocenters. The minimum absolute atomic E-state index is 0. The number of hydrogen-bond acceptors (Lipinski definition) is 1. The number of rotatable bonds is 2. The van der Waals surface area contributed by atoms with Gasteiger partial charge in [-0.15, -0.1) is 5.46 Å². The standard InChI is InChI=1S/C9H11BF3O.K/c1-6-4-8(14-3)5-7(2)9(6)10(11,12)13;/h4-5H,1-3H3;/q-1;+1. The summed E-state index contributed by atoms with van der Waals surface area (Å²) in [6, 6.07) is 2.80. The first-order chi connectivity index (χ1) is 6.36. The van der Waals surface area contributed by atoms with Crippen molar-refractivity contribution in [1.82, 2.24) is 0 Å². The molecular formula is C9H11BF3KO. The summed E-state index contributed by atoms with van der Waals surface area (Å²) in [5.74, 6) is 0.462. The van der Waals surface area contributed by atoms with Crippen LogP contribution in [-0.4, -0.2) is 14.1 Å². The van der Waals surface area contributed by atoms with Gasteiger partial charge in [-0.2, -0.15) is 0 Å². The van der Waals surface area contributed by atoms with E-state index in [1.165, 1.54) is 33.1 Å². The van der Waals surface area contributed by atoms with Gasteiger partial charge >= 0.3 is 58.4 Å². The minimum Gasteiger partial charge on any atom is -0.497 e. The van der Waals surface area contributed by atoms with Crippen molar-refractivity contribution in [2.75, 3.05) is 7.11 Å². The van der Waals surface area contributed by atoms with E-state index in [9.17, 15) is 12.9 Å². The first-order valence-electron chi connectivity index (χ1n) is 4.21. The fraction of sp³-hybridized carbons (Fsp3) is 0.333. The Bertz CT molecular complexity index is 329. The molecule has 0 aliphatic rings. The van der Waals surface area contributed by atoms with Gasteiger partial charge in [0.2, 0.25) is 0 Å². The van der Waals surface area contributed by atoms with Gasteiger partial charge in [0.1, 0.15) is 5.75 Å². The fourth-order valence-electron chi connectivity index (χ4n) is 1.57. The van der Waals surface area contributed by atoms with Crippen LogP contribution in [0.3, 0.4) is 0 Å². The summed E-state index contributed by atoms with van der Waals surface area (Å²) in [7, 11) is 1.44. The zero-order valence-electron chi connectivity index (χ0n) is 9.27. The molecule has 6 heteroatoms. The van der Waals surface area contributed by atoms with E-state index in [4.69, 9.17) is 4.74 Å². The Kier molecular flexibility index (Phi) is 5.92. The summed E-state index contributed by atoms with van der Waals surface area (Å²) in [6.07, 6.45) is 0. The molecule has 78 valence electrons. The van der Waals surface area contributed by atoms with Crippen molar-refractivity contribution in [3.8, 4) is 5.75 Å². The third kappa shape index (κ3) is 3.78. The number of halogens is 3. The number of ether oxygens (including phenoxy) is 1. The molecule has 0 aromatic heterocycles. The number of benzene rings is 1. The number of aryl methyl sites for hydroxylation is 2. The van der Waals surface area contributed by atoms with Crippen LogP contribution in [0, 0.1) is 13.8 Å². The smallest absolute Gasteiger partial charge is 0.497 e. The second-order valence-corrected chi connectivity index (χ2v) is 3.25. The molecular weight excluding hydrogens is 231 g/mol. The third-order valence-corrected chi connectivity index (χ3v) is 2.13. The average Bonchev–Trinajstić information content (AvgIpc) is 1.99. The number of methoxy groups -OCH3 is 1. The Morgan fingerprint density at radius 1 is 1.07 bits per heavy atom. The van der Waals surface area contributed by atoms with Gasteiger partial charge in [0.25, 0.3) is 0 Å². The molecule has 0 aliphatic heterocycles. The first kappa shape index (κ1) is 15.5. The van der Waals surface area contributed by atoms with Crippen molar-refractivity contribution in [2.45, 2.75) is 13.8 Å². The monoisotopic (exact) mass is 242 g/mol. The predicted octanol–water partition coefficient (Wildman–Crippen LogP) is -0.630. The van der Waals surface area contributed by atoms with Crippen LogP contribution < -0.4 is 61.6 Å². The second-order valence-electron chi connectivity index (χ2n) is 3.25. The molecule has 0 amide bonds. The van der Waals surface area contributed by atoms with Crippen molar-refractivity contribution in [3.05, 3.63) is 23.3 Å². The van der Waals surface area contributed by atoms with E-state index in [-0.39, 0.29) is 62.5 Å². The van der Waals surface area contributed by atoms with E-state index in [0.29, 0.717) is 5.75 Å². The summed E-state index contributed by atoms with van der Waals surface area (Å²) in [5.41, 5.74) is -0.0745. The molecule has 0 saturated carbocycles. The maximum Gasteiger partial charge on any atom is 1.00 e. The summed E-state index contributed by atoms with van der Waals surface area (Å²) in [5, 5.41) is 0. The quantitative estimate of drug-likeness (QED) is 0.627. The molecule has 0 heterocycles. The second kappa shape index (κ2) is 5.72. The van der Waals surface area contributed by atoms with E-state index < -0.39 is 12.4 Å². The summed E-state index contributed by atoms with van der Waals surface area (Å²) >= 11 is 0. The number of hydrogen-bond donors (Lipinski definition) is 0. The van der Waals surface area contributed by atoms with Crippen LogP contribution >= 0.6 is 0 Å². The van der Waals surface area contributed by atoms with Crippen molar-refractivity contribution >= 4 is 12.4 Å². The van der Waals surface area contributed by atoms with Crippen molar-refractivity contribution in [3.63, 3.8) is 0 Å². The van der Waals surface area contributed by atoms with Gasteiger partial charge in [-0.25, -0.2) is 0 Å². The van der Waals surface area contributed by atoms with Crippen molar-refractivity contribution < 1.29 is 69.1 Å². The normalized spacial score (nSPS) is 10.8. The molecule has 0 radical (unpaired) electrons. The van der Waals surface area contributed by atoms with E-state index in [2.05, 4.69) is 0 Å². The van der Waals surface area contributed by atoms with E-state index in [1.54, 1.807) is 0 Å². The van der Waals surface area contributed by atoms with Gasteiger partial charge in [0.05, 0.1) is 7.11 Å². The van der Waals surface area contributed by atoms with E-state index >= 15 is 0 Å². The Labute approximate surface area is 130 Å². The first-order valence-corrected chi connectivity index (χ1v) is 4.21. The average molecular weight is 242 g/mol. The van der Waals surface area contributed by atoms with Crippen molar-refractivity contribution in [1.29, 1.82) is 0 Å². The van der Waals surface area contributed by atoms with Crippen LogP contribution in [0.5, 0.6) is 5.75 Å². The van der Waals surface area contributed by atoms with Gasteiger partial charge in [0.15, 0.2) is 0 Å². The van der Waals surface area contributed by atoms with Crippen molar-refractivity contribution in [2.24, 2.45) is 0 Å². The van der Waals surface area contributed by atoms with Crippen LogP contribution in [0.2, 0.25) is 0 Å². The van der Waals surface area contributed by atoms with Crippen LogP contribution in [0.15, 0.2) is 12.1 Å². The van der Waals surface area contributed by atoms with Crippen LogP contribution in [0.4, 0.5) is 12.9 Å². The van der Waals surface area contributed by atoms with Gasteiger partial charge in [-0.3, -0.25) is 0 Å². The summed E-state index contributed by atoms with van der Waals surface area (Å²) < 4.78 is 42.6. The zero-order valence-corrected chi connectivity index (χ0v) is 12.4. The molecule has 15 heavy (non-hydrogen) atoms. The van der Waals surface area contributed by atoms with Crippen LogP contribution in [0.1, 0.15) is 11.1 Å². The third-order valence-electron chi connectivity index (χ3n) is 2.13. The molecule has 0 fully saturated rings. The maximum atomic E-state index is 12.6. The van der Waals surface area contributed by atoms with Crippen LogP contribution in [-0.2, 0) is 0 Å².